The number of benzene rings is 2. The lowest BCUT2D eigenvalue weighted by Crippen LogP contribution is -2.11. The summed E-state index contributed by atoms with van der Waals surface area (Å²) in [6.45, 7) is 0. The van der Waals surface area contributed by atoms with Gasteiger partial charge in [0.2, 0.25) is 5.88 Å². The van der Waals surface area contributed by atoms with Crippen LogP contribution in [-0.4, -0.2) is 27.6 Å². The Labute approximate surface area is 188 Å². The second-order valence-corrected chi connectivity index (χ2v) is 8.45. The minimum absolute atomic E-state index is 0.0178. The van der Waals surface area contributed by atoms with Crippen LogP contribution in [0.2, 0.25) is 15.1 Å². The molecule has 0 amide bonds. The zero-order chi connectivity index (χ0) is 21.9. The molecule has 2 aromatic carbocycles. The highest BCUT2D eigenvalue weighted by Gasteiger charge is 2.24. The van der Waals surface area contributed by atoms with E-state index in [4.69, 9.17) is 53.2 Å². The first-order chi connectivity index (χ1) is 14.2. The molecule has 7 nitrogen and oxygen atoms in total. The Morgan fingerprint density at radius 1 is 0.833 bits per heavy atom. The lowest BCUT2D eigenvalue weighted by atomic mass is 10.3. The van der Waals surface area contributed by atoms with Crippen LogP contribution in [0.15, 0.2) is 53.6 Å². The van der Waals surface area contributed by atoms with Crippen molar-refractivity contribution in [3.63, 3.8) is 0 Å². The van der Waals surface area contributed by atoms with Gasteiger partial charge >= 0.3 is 10.1 Å². The maximum atomic E-state index is 12.7. The quantitative estimate of drug-likeness (QED) is 0.397. The number of ether oxygens (including phenoxy) is 3. The number of pyridine rings is 1. The third-order valence-corrected chi connectivity index (χ3v) is 5.77. The first-order valence-corrected chi connectivity index (χ1v) is 10.7. The second-order valence-electron chi connectivity index (χ2n) is 5.69. The van der Waals surface area contributed by atoms with Crippen LogP contribution in [0.1, 0.15) is 0 Å². The average molecular weight is 491 g/mol. The van der Waals surface area contributed by atoms with Crippen LogP contribution < -0.4 is 18.4 Å². The third-order valence-electron chi connectivity index (χ3n) is 3.73. The van der Waals surface area contributed by atoms with Gasteiger partial charge in [-0.05, 0) is 30.3 Å². The number of nitrogens with zero attached hydrogens (tertiary/aromatic N) is 1. The molecule has 158 valence electrons. The zero-order valence-electron chi connectivity index (χ0n) is 15.6. The average Bonchev–Trinajstić information content (AvgIpc) is 2.70. The van der Waals surface area contributed by atoms with Gasteiger partial charge in [-0.15, -0.1) is 0 Å². The predicted octanol–water partition coefficient (Wildman–Crippen LogP) is 5.62. The standard InChI is InChI=1S/C19H14Cl3NO6S/c1-26-16-9-18(17(27-2)8-14(16)21)30(24,25)29-13-5-3-12(4-6-13)28-19-15(22)7-11(20)10-23-19/h3-10H,1-2H3. The van der Waals surface area contributed by atoms with Crippen LogP contribution in [-0.2, 0) is 10.1 Å². The minimum atomic E-state index is -4.24. The molecule has 11 heteroatoms. The first-order valence-electron chi connectivity index (χ1n) is 8.18. The summed E-state index contributed by atoms with van der Waals surface area (Å²) in [6, 6.07) is 9.86. The molecule has 0 fully saturated rings. The maximum absolute atomic E-state index is 12.7. The maximum Gasteiger partial charge on any atom is 0.343 e. The second kappa shape index (κ2) is 9.18. The van der Waals surface area contributed by atoms with E-state index in [1.54, 1.807) is 0 Å². The highest BCUT2D eigenvalue weighted by molar-refractivity contribution is 7.87. The Balaban J connectivity index is 1.82. The van der Waals surface area contributed by atoms with Gasteiger partial charge in [-0.3, -0.25) is 0 Å². The van der Waals surface area contributed by atoms with Crippen LogP contribution in [0.25, 0.3) is 0 Å². The van der Waals surface area contributed by atoms with Crippen molar-refractivity contribution in [3.05, 3.63) is 63.7 Å². The molecule has 3 rings (SSSR count). The van der Waals surface area contributed by atoms with Crippen molar-refractivity contribution in [2.24, 2.45) is 0 Å². The summed E-state index contributed by atoms with van der Waals surface area (Å²) in [5.74, 6) is 0.746. The molecule has 0 spiro atoms. The summed E-state index contributed by atoms with van der Waals surface area (Å²) in [5, 5.41) is 0.800. The fourth-order valence-electron chi connectivity index (χ4n) is 2.35. The Morgan fingerprint density at radius 2 is 1.47 bits per heavy atom. The summed E-state index contributed by atoms with van der Waals surface area (Å²) in [5.41, 5.74) is 0. The van der Waals surface area contributed by atoms with E-state index >= 15 is 0 Å². The van der Waals surface area contributed by atoms with E-state index in [0.29, 0.717) is 10.8 Å². The Hall–Kier alpha value is -2.39. The molecule has 0 atom stereocenters. The first kappa shape index (κ1) is 22.3. The summed E-state index contributed by atoms with van der Waals surface area (Å²) < 4.78 is 46.4. The summed E-state index contributed by atoms with van der Waals surface area (Å²) >= 11 is 17.8. The molecular weight excluding hydrogens is 477 g/mol. The van der Waals surface area contributed by atoms with Gasteiger partial charge in [0.1, 0.15) is 28.0 Å². The molecule has 30 heavy (non-hydrogen) atoms. The van der Waals surface area contributed by atoms with E-state index in [1.807, 2.05) is 0 Å². The van der Waals surface area contributed by atoms with Crippen molar-refractivity contribution in [2.75, 3.05) is 14.2 Å². The van der Waals surface area contributed by atoms with E-state index in [-0.39, 0.29) is 38.1 Å². The van der Waals surface area contributed by atoms with Crippen LogP contribution in [0.4, 0.5) is 0 Å². The number of halogens is 3. The van der Waals surface area contributed by atoms with Crippen LogP contribution in [0.5, 0.6) is 28.9 Å². The van der Waals surface area contributed by atoms with Gasteiger partial charge in [-0.2, -0.15) is 8.42 Å². The highest BCUT2D eigenvalue weighted by Crippen LogP contribution is 2.36. The van der Waals surface area contributed by atoms with E-state index in [2.05, 4.69) is 4.98 Å². The summed E-state index contributed by atoms with van der Waals surface area (Å²) in [4.78, 5) is 3.75. The molecule has 0 aliphatic heterocycles. The van der Waals surface area contributed by atoms with Gasteiger partial charge in [0.15, 0.2) is 4.90 Å². The normalized spacial score (nSPS) is 11.1. The third kappa shape index (κ3) is 5.02. The lowest BCUT2D eigenvalue weighted by Gasteiger charge is -2.13. The molecule has 1 heterocycles. The van der Waals surface area contributed by atoms with E-state index in [0.717, 1.165) is 0 Å². The fourth-order valence-corrected chi connectivity index (χ4v) is 4.10. The molecule has 0 radical (unpaired) electrons. The number of rotatable bonds is 7. The molecule has 0 aliphatic carbocycles. The fraction of sp³-hybridized carbons (Fsp3) is 0.105. The van der Waals surface area contributed by atoms with Gasteiger partial charge < -0.3 is 18.4 Å². The van der Waals surface area contributed by atoms with Crippen molar-refractivity contribution in [3.8, 4) is 28.9 Å². The molecule has 1 aromatic heterocycles. The largest absolute Gasteiger partial charge is 0.495 e. The Bertz CT molecular complexity index is 1170. The summed E-state index contributed by atoms with van der Waals surface area (Å²) in [6.07, 6.45) is 1.39. The number of aromatic nitrogens is 1. The molecular formula is C19H14Cl3NO6S. The van der Waals surface area contributed by atoms with Crippen LogP contribution in [0, 0.1) is 0 Å². The van der Waals surface area contributed by atoms with Gasteiger partial charge in [0.05, 0.1) is 24.3 Å². The predicted molar refractivity (Wildman–Crippen MR) is 113 cm³/mol. The molecule has 0 bridgehead atoms. The topological polar surface area (TPSA) is 84.0 Å². The SMILES string of the molecule is COc1cc(S(=O)(=O)Oc2ccc(Oc3ncc(Cl)cc3Cl)cc2)c(OC)cc1Cl. The minimum Gasteiger partial charge on any atom is -0.495 e. The molecule has 0 saturated carbocycles. The van der Waals surface area contributed by atoms with Gasteiger partial charge in [0, 0.05) is 18.3 Å². The zero-order valence-corrected chi connectivity index (χ0v) is 18.6. The smallest absolute Gasteiger partial charge is 0.343 e. The van der Waals surface area contributed by atoms with Gasteiger partial charge in [-0.1, -0.05) is 34.8 Å². The van der Waals surface area contributed by atoms with Crippen molar-refractivity contribution in [1.29, 1.82) is 0 Å². The summed E-state index contributed by atoms with van der Waals surface area (Å²) in [7, 11) is -1.56. The van der Waals surface area contributed by atoms with Crippen LogP contribution in [0.3, 0.4) is 0 Å². The lowest BCUT2D eigenvalue weighted by molar-refractivity contribution is 0.388. The molecule has 0 unspecified atom stereocenters. The van der Waals surface area contributed by atoms with Gasteiger partial charge in [0.25, 0.3) is 0 Å². The number of hydrogen-bond donors (Lipinski definition) is 0. The van der Waals surface area contributed by atoms with E-state index in [9.17, 15) is 8.42 Å². The number of methoxy groups -OCH3 is 2. The van der Waals surface area contributed by atoms with E-state index < -0.39 is 10.1 Å². The molecule has 0 N–H and O–H groups in total. The molecule has 0 saturated heterocycles. The van der Waals surface area contributed by atoms with Crippen molar-refractivity contribution in [1.82, 2.24) is 4.98 Å². The van der Waals surface area contributed by atoms with Crippen molar-refractivity contribution >= 4 is 44.9 Å². The monoisotopic (exact) mass is 489 g/mol. The highest BCUT2D eigenvalue weighted by atomic mass is 35.5. The molecule has 3 aromatic rings. The molecule has 0 aliphatic rings. The number of hydrogen-bond acceptors (Lipinski definition) is 7. The van der Waals surface area contributed by atoms with Crippen LogP contribution >= 0.6 is 34.8 Å². The van der Waals surface area contributed by atoms with E-state index in [1.165, 1.54) is 62.9 Å². The Kier molecular flexibility index (Phi) is 6.82. The van der Waals surface area contributed by atoms with Crippen molar-refractivity contribution in [2.45, 2.75) is 4.90 Å². The Morgan fingerprint density at radius 3 is 2.07 bits per heavy atom. The van der Waals surface area contributed by atoms with Crippen molar-refractivity contribution < 1.29 is 26.8 Å². The van der Waals surface area contributed by atoms with Gasteiger partial charge in [-0.25, -0.2) is 4.98 Å².